The summed E-state index contributed by atoms with van der Waals surface area (Å²) in [7, 11) is 0. The van der Waals surface area contributed by atoms with Crippen LogP contribution in [0.25, 0.3) is 11.0 Å². The Kier molecular flexibility index (Phi) is 3.51. The van der Waals surface area contributed by atoms with E-state index in [0.717, 1.165) is 17.4 Å². The van der Waals surface area contributed by atoms with Gasteiger partial charge < -0.3 is 9.52 Å². The zero-order valence-electron chi connectivity index (χ0n) is 11.1. The van der Waals surface area contributed by atoms with E-state index in [1.54, 1.807) is 10.9 Å². The van der Waals surface area contributed by atoms with E-state index in [-0.39, 0.29) is 0 Å². The number of benzene rings is 1. The van der Waals surface area contributed by atoms with Crippen LogP contribution in [0.4, 0.5) is 0 Å². The van der Waals surface area contributed by atoms with Gasteiger partial charge in [0.1, 0.15) is 11.3 Å². The fourth-order valence-corrected chi connectivity index (χ4v) is 2.55. The molecule has 2 heterocycles. The first-order valence-electron chi connectivity index (χ1n) is 6.58. The zero-order chi connectivity index (χ0) is 14.1. The molecule has 3 aromatic rings. The summed E-state index contributed by atoms with van der Waals surface area (Å²) in [6, 6.07) is 9.48. The minimum atomic E-state index is -0.913. The lowest BCUT2D eigenvalue weighted by atomic mass is 10.2. The average molecular weight is 291 g/mol. The van der Waals surface area contributed by atoms with E-state index in [1.807, 2.05) is 37.3 Å². The van der Waals surface area contributed by atoms with Gasteiger partial charge in [0.25, 0.3) is 0 Å². The van der Waals surface area contributed by atoms with E-state index in [1.165, 1.54) is 0 Å². The number of hydrogen-bond donors (Lipinski definition) is 1. The van der Waals surface area contributed by atoms with E-state index >= 15 is 0 Å². The molecular weight excluding hydrogens is 276 g/mol. The molecule has 20 heavy (non-hydrogen) atoms. The molecule has 1 aromatic carbocycles. The standard InChI is InChI=1S/C15H15ClN2O2/c1-2-7-18-14(11(16)9-17-18)15(19)13-8-10-5-3-4-6-12(10)20-13/h3-6,8-9,15,19H,2,7H2,1H3. The Morgan fingerprint density at radius 3 is 2.95 bits per heavy atom. The number of aliphatic hydroxyl groups is 1. The summed E-state index contributed by atoms with van der Waals surface area (Å²) in [6.45, 7) is 2.76. The second kappa shape index (κ2) is 5.31. The van der Waals surface area contributed by atoms with Gasteiger partial charge in [-0.2, -0.15) is 5.10 Å². The van der Waals surface area contributed by atoms with Gasteiger partial charge in [0.2, 0.25) is 0 Å². The number of fused-ring (bicyclic) bond motifs is 1. The molecule has 0 aliphatic heterocycles. The van der Waals surface area contributed by atoms with Crippen LogP contribution in [0.5, 0.6) is 0 Å². The monoisotopic (exact) mass is 290 g/mol. The van der Waals surface area contributed by atoms with Crippen molar-refractivity contribution in [3.8, 4) is 0 Å². The van der Waals surface area contributed by atoms with Gasteiger partial charge >= 0.3 is 0 Å². The molecule has 1 atom stereocenters. The maximum Gasteiger partial charge on any atom is 0.155 e. The van der Waals surface area contributed by atoms with Crippen LogP contribution >= 0.6 is 11.6 Å². The van der Waals surface area contributed by atoms with Gasteiger partial charge in [0.05, 0.1) is 16.9 Å². The van der Waals surface area contributed by atoms with Gasteiger partial charge in [-0.3, -0.25) is 4.68 Å². The highest BCUT2D eigenvalue weighted by Gasteiger charge is 2.22. The van der Waals surface area contributed by atoms with Crippen LogP contribution in [0.3, 0.4) is 0 Å². The van der Waals surface area contributed by atoms with Crippen LogP contribution in [-0.2, 0) is 6.54 Å². The predicted octanol–water partition coefficient (Wildman–Crippen LogP) is 3.77. The topological polar surface area (TPSA) is 51.2 Å². The summed E-state index contributed by atoms with van der Waals surface area (Å²) >= 11 is 6.14. The normalized spacial score (nSPS) is 12.9. The number of hydrogen-bond acceptors (Lipinski definition) is 3. The third-order valence-electron chi connectivity index (χ3n) is 3.24. The summed E-state index contributed by atoms with van der Waals surface area (Å²) in [6.07, 6.45) is 1.56. The van der Waals surface area contributed by atoms with Gasteiger partial charge in [-0.25, -0.2) is 0 Å². The third-order valence-corrected chi connectivity index (χ3v) is 3.53. The first kappa shape index (κ1) is 13.2. The minimum absolute atomic E-state index is 0.450. The predicted molar refractivity (Wildman–Crippen MR) is 77.8 cm³/mol. The van der Waals surface area contributed by atoms with Gasteiger partial charge in [-0.1, -0.05) is 36.7 Å². The lowest BCUT2D eigenvalue weighted by Gasteiger charge is -2.11. The van der Waals surface area contributed by atoms with Crippen molar-refractivity contribution in [1.29, 1.82) is 0 Å². The van der Waals surface area contributed by atoms with Crippen molar-refractivity contribution in [2.24, 2.45) is 0 Å². The van der Waals surface area contributed by atoms with Gasteiger partial charge in [-0.05, 0) is 18.6 Å². The molecule has 0 fully saturated rings. The molecule has 4 nitrogen and oxygen atoms in total. The van der Waals surface area contributed by atoms with E-state index in [0.29, 0.717) is 23.0 Å². The number of aliphatic hydroxyl groups excluding tert-OH is 1. The number of para-hydroxylation sites is 1. The molecule has 1 unspecified atom stereocenters. The molecule has 0 saturated heterocycles. The third kappa shape index (κ3) is 2.21. The molecule has 1 N–H and O–H groups in total. The number of aromatic nitrogens is 2. The quantitative estimate of drug-likeness (QED) is 0.795. The van der Waals surface area contributed by atoms with Crippen molar-refractivity contribution in [3.63, 3.8) is 0 Å². The van der Waals surface area contributed by atoms with Crippen LogP contribution in [0, 0.1) is 0 Å². The van der Waals surface area contributed by atoms with Crippen molar-refractivity contribution >= 4 is 22.6 Å². The van der Waals surface area contributed by atoms with Crippen molar-refractivity contribution in [1.82, 2.24) is 9.78 Å². The van der Waals surface area contributed by atoms with Crippen molar-refractivity contribution < 1.29 is 9.52 Å². The van der Waals surface area contributed by atoms with Crippen LogP contribution < -0.4 is 0 Å². The maximum atomic E-state index is 10.5. The Bertz CT molecular complexity index is 699. The van der Waals surface area contributed by atoms with Crippen LogP contribution in [0.15, 0.2) is 40.9 Å². The molecule has 0 aliphatic carbocycles. The Hall–Kier alpha value is -1.78. The van der Waals surface area contributed by atoms with Crippen molar-refractivity contribution in [3.05, 3.63) is 53.0 Å². The number of halogens is 1. The van der Waals surface area contributed by atoms with Gasteiger partial charge in [0.15, 0.2) is 6.10 Å². The molecule has 5 heteroatoms. The average Bonchev–Trinajstić information content (AvgIpc) is 3.02. The van der Waals surface area contributed by atoms with E-state index < -0.39 is 6.10 Å². The minimum Gasteiger partial charge on any atom is -0.458 e. The molecule has 0 spiro atoms. The largest absolute Gasteiger partial charge is 0.458 e. The maximum absolute atomic E-state index is 10.5. The van der Waals surface area contributed by atoms with Crippen LogP contribution in [0.1, 0.15) is 30.9 Å². The fraction of sp³-hybridized carbons (Fsp3) is 0.267. The number of rotatable bonds is 4. The molecule has 104 valence electrons. The highest BCUT2D eigenvalue weighted by atomic mass is 35.5. The van der Waals surface area contributed by atoms with E-state index in [4.69, 9.17) is 16.0 Å². The molecule has 0 aliphatic rings. The molecule has 0 bridgehead atoms. The van der Waals surface area contributed by atoms with Crippen LogP contribution in [0.2, 0.25) is 5.02 Å². The van der Waals surface area contributed by atoms with Crippen LogP contribution in [-0.4, -0.2) is 14.9 Å². The molecule has 0 amide bonds. The first-order chi connectivity index (χ1) is 9.70. The van der Waals surface area contributed by atoms with Crippen molar-refractivity contribution in [2.75, 3.05) is 0 Å². The zero-order valence-corrected chi connectivity index (χ0v) is 11.8. The van der Waals surface area contributed by atoms with Gasteiger partial charge in [0, 0.05) is 11.9 Å². The number of aryl methyl sites for hydroxylation is 1. The second-order valence-electron chi connectivity index (χ2n) is 4.69. The highest BCUT2D eigenvalue weighted by molar-refractivity contribution is 6.31. The van der Waals surface area contributed by atoms with Gasteiger partial charge in [-0.15, -0.1) is 0 Å². The summed E-state index contributed by atoms with van der Waals surface area (Å²) in [5, 5.41) is 16.1. The Balaban J connectivity index is 2.03. The lowest BCUT2D eigenvalue weighted by Crippen LogP contribution is -2.10. The Morgan fingerprint density at radius 1 is 1.40 bits per heavy atom. The summed E-state index contributed by atoms with van der Waals surface area (Å²) in [5.41, 5.74) is 1.33. The molecule has 0 saturated carbocycles. The fourth-order valence-electron chi connectivity index (χ4n) is 2.31. The number of nitrogens with zero attached hydrogens (tertiary/aromatic N) is 2. The summed E-state index contributed by atoms with van der Waals surface area (Å²) < 4.78 is 7.41. The van der Waals surface area contributed by atoms with E-state index in [9.17, 15) is 5.11 Å². The van der Waals surface area contributed by atoms with E-state index in [2.05, 4.69) is 5.10 Å². The number of furan rings is 1. The first-order valence-corrected chi connectivity index (χ1v) is 6.96. The Labute approximate surface area is 121 Å². The smallest absolute Gasteiger partial charge is 0.155 e. The molecular formula is C15H15ClN2O2. The second-order valence-corrected chi connectivity index (χ2v) is 5.10. The molecule has 3 rings (SSSR count). The lowest BCUT2D eigenvalue weighted by molar-refractivity contribution is 0.181. The van der Waals surface area contributed by atoms with Crippen molar-refractivity contribution in [2.45, 2.75) is 26.0 Å². The summed E-state index contributed by atoms with van der Waals surface area (Å²) in [5.74, 6) is 0.478. The SMILES string of the molecule is CCCn1ncc(Cl)c1C(O)c1cc2ccccc2o1. The molecule has 0 radical (unpaired) electrons. The summed E-state index contributed by atoms with van der Waals surface area (Å²) in [4.78, 5) is 0. The highest BCUT2D eigenvalue weighted by Crippen LogP contribution is 2.31. The molecule has 2 aromatic heterocycles. The Morgan fingerprint density at radius 2 is 2.20 bits per heavy atom.